The van der Waals surface area contributed by atoms with Gasteiger partial charge in [0.2, 0.25) is 0 Å². The van der Waals surface area contributed by atoms with Gasteiger partial charge in [-0.3, -0.25) is 4.79 Å². The molecule has 1 aromatic rings. The van der Waals surface area contributed by atoms with Crippen LogP contribution in [0, 0.1) is 0 Å². The van der Waals surface area contributed by atoms with E-state index in [9.17, 15) is 18.0 Å². The van der Waals surface area contributed by atoms with Crippen LogP contribution in [0.2, 0.25) is 37.8 Å². The first-order chi connectivity index (χ1) is 12.4. The van der Waals surface area contributed by atoms with Crippen LogP contribution in [0.25, 0.3) is 0 Å². The Morgan fingerprint density at radius 1 is 1.04 bits per heavy atom. The van der Waals surface area contributed by atoms with Gasteiger partial charge in [0.15, 0.2) is 8.32 Å². The van der Waals surface area contributed by atoms with Crippen molar-refractivity contribution in [2.75, 3.05) is 13.7 Å². The van der Waals surface area contributed by atoms with Crippen molar-refractivity contribution < 1.29 is 27.1 Å². The third kappa shape index (κ3) is 6.17. The Morgan fingerprint density at radius 2 is 1.57 bits per heavy atom. The molecular formula is C19H33F3O3SSi2. The molecule has 0 aliphatic rings. The van der Waals surface area contributed by atoms with Crippen molar-refractivity contribution in [3.8, 4) is 0 Å². The molecule has 0 unspecified atom stereocenters. The molecule has 162 valence electrons. The summed E-state index contributed by atoms with van der Waals surface area (Å²) in [4.78, 5) is 11.2. The van der Waals surface area contributed by atoms with Gasteiger partial charge in [-0.05, 0) is 40.2 Å². The number of ether oxygens (including phenoxy) is 1. The van der Waals surface area contributed by atoms with Crippen molar-refractivity contribution in [3.63, 3.8) is 0 Å². The molecule has 0 saturated heterocycles. The van der Waals surface area contributed by atoms with Crippen molar-refractivity contribution in [2.24, 2.45) is 0 Å². The molecule has 0 fully saturated rings. The number of halogens is 3. The largest absolute Gasteiger partial charge is 0.469 e. The van der Waals surface area contributed by atoms with Crippen molar-refractivity contribution in [1.82, 2.24) is 0 Å². The molecule has 0 saturated carbocycles. The number of carbonyl (C=O) groups excluding carboxylic acids is 1. The van der Waals surface area contributed by atoms with Gasteiger partial charge in [0, 0.05) is 6.61 Å². The molecule has 1 aromatic heterocycles. The second-order valence-corrected chi connectivity index (χ2v) is 20.8. The summed E-state index contributed by atoms with van der Waals surface area (Å²) in [5.74, 6) is -0.656. The number of rotatable bonds is 7. The van der Waals surface area contributed by atoms with E-state index in [4.69, 9.17) is 4.43 Å². The van der Waals surface area contributed by atoms with Gasteiger partial charge >= 0.3 is 12.1 Å². The monoisotopic (exact) mass is 454 g/mol. The highest BCUT2D eigenvalue weighted by atomic mass is 32.1. The van der Waals surface area contributed by atoms with E-state index in [0.717, 1.165) is 15.8 Å². The molecule has 0 bridgehead atoms. The number of thiophene rings is 1. The highest BCUT2D eigenvalue weighted by Crippen LogP contribution is 2.40. The maximum atomic E-state index is 13.7. The zero-order valence-electron chi connectivity index (χ0n) is 18.4. The van der Waals surface area contributed by atoms with Crippen molar-refractivity contribution in [2.45, 2.75) is 77.6 Å². The normalized spacial score (nSPS) is 13.7. The smallest absolute Gasteiger partial charge is 0.425 e. The van der Waals surface area contributed by atoms with Gasteiger partial charge in [-0.25, -0.2) is 0 Å². The maximum Gasteiger partial charge on any atom is 0.425 e. The highest BCUT2D eigenvalue weighted by Gasteiger charge is 2.41. The fraction of sp³-hybridized carbons (Fsp3) is 0.737. The van der Waals surface area contributed by atoms with Gasteiger partial charge in [-0.15, -0.1) is 11.3 Å². The molecule has 9 heteroatoms. The van der Waals surface area contributed by atoms with E-state index in [-0.39, 0.29) is 17.0 Å². The molecule has 1 rings (SSSR count). The fourth-order valence-corrected chi connectivity index (χ4v) is 7.37. The van der Waals surface area contributed by atoms with Crippen LogP contribution in [0.3, 0.4) is 0 Å². The Balaban J connectivity index is 3.36. The first-order valence-electron chi connectivity index (χ1n) is 9.35. The lowest BCUT2D eigenvalue weighted by molar-refractivity contribution is -0.140. The number of hydrogen-bond acceptors (Lipinski definition) is 4. The number of carbonyl (C=O) groups is 1. The molecule has 0 atom stereocenters. The summed E-state index contributed by atoms with van der Waals surface area (Å²) >= 11 is 0.801. The zero-order chi connectivity index (χ0) is 22.1. The molecule has 0 spiro atoms. The van der Waals surface area contributed by atoms with Crippen LogP contribution in [-0.2, 0) is 33.0 Å². The van der Waals surface area contributed by atoms with Crippen LogP contribution in [0.15, 0.2) is 0 Å². The number of methoxy groups -OCH3 is 1. The molecule has 0 aliphatic carbocycles. The number of alkyl halides is 3. The van der Waals surface area contributed by atoms with Crippen LogP contribution >= 0.6 is 11.3 Å². The zero-order valence-corrected chi connectivity index (χ0v) is 21.2. The van der Waals surface area contributed by atoms with Crippen LogP contribution in [0.1, 0.15) is 36.8 Å². The average Bonchev–Trinajstić information content (AvgIpc) is 2.84. The van der Waals surface area contributed by atoms with E-state index in [1.54, 1.807) is 0 Å². The molecule has 0 amide bonds. The SMILES string of the molecule is COC(=O)Cc1c(C(F)(F)F)sc([Si](C)(C)C)c1CCO[Si](C)(C)C(C)(C)C. The van der Waals surface area contributed by atoms with Crippen LogP contribution in [0.4, 0.5) is 13.2 Å². The molecule has 0 aliphatic heterocycles. The molecule has 0 aromatic carbocycles. The van der Waals surface area contributed by atoms with E-state index in [1.807, 2.05) is 19.6 Å². The van der Waals surface area contributed by atoms with Crippen molar-refractivity contribution in [1.29, 1.82) is 0 Å². The summed E-state index contributed by atoms with van der Waals surface area (Å²) in [6.45, 7) is 17.1. The van der Waals surface area contributed by atoms with Crippen LogP contribution in [-0.4, -0.2) is 36.1 Å². The Kier molecular flexibility index (Phi) is 7.81. The predicted molar refractivity (Wildman–Crippen MR) is 115 cm³/mol. The average molecular weight is 455 g/mol. The van der Waals surface area contributed by atoms with E-state index >= 15 is 0 Å². The Morgan fingerprint density at radius 3 is 1.96 bits per heavy atom. The standard InChI is InChI=1S/C19H33F3O3SSi2/c1-18(2,3)28(8,9)25-11-10-13-14(12-15(23)24-4)16(19(20,21)22)26-17(13)27(5,6)7/h10-12H2,1-9H3. The molecule has 0 N–H and O–H groups in total. The molecule has 0 radical (unpaired) electrons. The third-order valence-corrected chi connectivity index (χ3v) is 14.7. The third-order valence-electron chi connectivity index (χ3n) is 5.23. The Labute approximate surface area is 172 Å². The maximum absolute atomic E-state index is 13.7. The Hall–Kier alpha value is -0.646. The molecule has 28 heavy (non-hydrogen) atoms. The first kappa shape index (κ1) is 25.4. The van der Waals surface area contributed by atoms with Gasteiger partial charge < -0.3 is 9.16 Å². The quantitative estimate of drug-likeness (QED) is 0.398. The van der Waals surface area contributed by atoms with Gasteiger partial charge in [0.05, 0.1) is 21.6 Å². The van der Waals surface area contributed by atoms with Crippen molar-refractivity contribution >= 4 is 38.2 Å². The van der Waals surface area contributed by atoms with Crippen molar-refractivity contribution in [3.05, 3.63) is 16.0 Å². The lowest BCUT2D eigenvalue weighted by Crippen LogP contribution is -2.42. The second-order valence-electron chi connectivity index (χ2n) is 9.58. The second kappa shape index (κ2) is 8.61. The minimum atomic E-state index is -4.49. The van der Waals surface area contributed by atoms with Gasteiger partial charge in [-0.2, -0.15) is 13.2 Å². The summed E-state index contributed by atoms with van der Waals surface area (Å²) in [7, 11) is -2.85. The topological polar surface area (TPSA) is 35.5 Å². The minimum absolute atomic E-state index is 0.0230. The predicted octanol–water partition coefficient (Wildman–Crippen LogP) is 5.59. The van der Waals surface area contributed by atoms with E-state index in [0.29, 0.717) is 18.6 Å². The molecule has 3 nitrogen and oxygen atoms in total. The van der Waals surface area contributed by atoms with Crippen LogP contribution < -0.4 is 4.50 Å². The van der Waals surface area contributed by atoms with Gasteiger partial charge in [-0.1, -0.05) is 40.4 Å². The van der Waals surface area contributed by atoms with E-state index < -0.39 is 33.4 Å². The van der Waals surface area contributed by atoms with Crippen LogP contribution in [0.5, 0.6) is 0 Å². The van der Waals surface area contributed by atoms with E-state index in [1.165, 1.54) is 7.11 Å². The first-order valence-corrected chi connectivity index (χ1v) is 16.6. The fourth-order valence-electron chi connectivity index (χ4n) is 2.63. The van der Waals surface area contributed by atoms with Gasteiger partial charge in [0.25, 0.3) is 0 Å². The summed E-state index contributed by atoms with van der Waals surface area (Å²) < 4.78 is 52.8. The summed E-state index contributed by atoms with van der Waals surface area (Å²) in [6.07, 6.45) is -4.46. The highest BCUT2D eigenvalue weighted by molar-refractivity contribution is 7.27. The number of esters is 1. The van der Waals surface area contributed by atoms with Gasteiger partial charge in [0.1, 0.15) is 4.88 Å². The minimum Gasteiger partial charge on any atom is -0.469 e. The Bertz CT molecular complexity index is 699. The lowest BCUT2D eigenvalue weighted by atomic mass is 10.0. The summed E-state index contributed by atoms with van der Waals surface area (Å²) in [5, 5.41) is 0.0230. The summed E-state index contributed by atoms with van der Waals surface area (Å²) in [6, 6.07) is 0. The summed E-state index contributed by atoms with van der Waals surface area (Å²) in [5.41, 5.74) is 0.709. The number of hydrogen-bond donors (Lipinski definition) is 0. The molecular weight excluding hydrogens is 421 g/mol. The molecule has 1 heterocycles. The van der Waals surface area contributed by atoms with E-state index in [2.05, 4.69) is 38.6 Å². The lowest BCUT2D eigenvalue weighted by Gasteiger charge is -2.36.